The van der Waals surface area contributed by atoms with E-state index in [2.05, 4.69) is 5.32 Å². The maximum Gasteiger partial charge on any atom is 0.251 e. The molecule has 0 aromatic heterocycles. The third-order valence-electron chi connectivity index (χ3n) is 2.78. The van der Waals surface area contributed by atoms with Gasteiger partial charge in [0.1, 0.15) is 0 Å². The normalized spacial score (nSPS) is 10.2. The smallest absolute Gasteiger partial charge is 0.251 e. The lowest BCUT2D eigenvalue weighted by molar-refractivity contribution is 0.0952. The predicted octanol–water partition coefficient (Wildman–Crippen LogP) is 1.11. The van der Waals surface area contributed by atoms with Crippen LogP contribution >= 0.6 is 0 Å². The van der Waals surface area contributed by atoms with Crippen molar-refractivity contribution in [1.29, 1.82) is 0 Å². The Bertz CT molecular complexity index is 458. The van der Waals surface area contributed by atoms with Gasteiger partial charge >= 0.3 is 0 Å². The van der Waals surface area contributed by atoms with E-state index in [0.29, 0.717) is 36.3 Å². The van der Waals surface area contributed by atoms with E-state index in [0.717, 1.165) is 6.42 Å². The Morgan fingerprint density at radius 1 is 1.32 bits per heavy atom. The number of benzene rings is 1. The molecule has 0 bridgehead atoms. The fourth-order valence-electron chi connectivity index (χ4n) is 1.84. The second kappa shape index (κ2) is 7.53. The fraction of sp³-hybridized carbons (Fsp3) is 0.429. The highest BCUT2D eigenvalue weighted by molar-refractivity contribution is 6.01. The molecule has 0 heterocycles. The number of nitrogens with one attached hydrogen (secondary N) is 1. The average Bonchev–Trinajstić information content (AvgIpc) is 2.41. The summed E-state index contributed by atoms with van der Waals surface area (Å²) < 4.78 is 5.01. The summed E-state index contributed by atoms with van der Waals surface area (Å²) in [6, 6.07) is 4.99. The molecule has 1 rings (SSSR count). The predicted molar refractivity (Wildman–Crippen MR) is 73.2 cm³/mol. The standard InChI is InChI=1S/C14H20N2O3/c1-3-8-16-14(18)12-6-4-5-11(13(15)17)10(12)7-9-19-2/h4-6H,3,7-9H2,1-2H3,(H2,15,17)(H,16,18). The number of rotatable bonds is 7. The first-order chi connectivity index (χ1) is 9.11. The Balaban J connectivity index is 3.10. The van der Waals surface area contributed by atoms with Crippen molar-refractivity contribution in [3.63, 3.8) is 0 Å². The molecule has 0 atom stereocenters. The maximum absolute atomic E-state index is 12.1. The Labute approximate surface area is 113 Å². The third-order valence-corrected chi connectivity index (χ3v) is 2.78. The molecule has 0 fully saturated rings. The molecule has 0 saturated carbocycles. The zero-order chi connectivity index (χ0) is 14.3. The van der Waals surface area contributed by atoms with E-state index in [-0.39, 0.29) is 5.91 Å². The van der Waals surface area contributed by atoms with Gasteiger partial charge in [-0.25, -0.2) is 0 Å². The molecule has 1 aromatic rings. The minimum atomic E-state index is -0.531. The first-order valence-corrected chi connectivity index (χ1v) is 6.30. The molecule has 0 unspecified atom stereocenters. The largest absolute Gasteiger partial charge is 0.384 e. The van der Waals surface area contributed by atoms with Crippen LogP contribution in [0.25, 0.3) is 0 Å². The summed E-state index contributed by atoms with van der Waals surface area (Å²) in [5, 5.41) is 2.80. The van der Waals surface area contributed by atoms with Gasteiger partial charge in [-0.15, -0.1) is 0 Å². The lowest BCUT2D eigenvalue weighted by Gasteiger charge is -2.12. The molecule has 2 amide bonds. The van der Waals surface area contributed by atoms with Crippen LogP contribution in [0.1, 0.15) is 39.6 Å². The Kier molecular flexibility index (Phi) is 6.02. The minimum Gasteiger partial charge on any atom is -0.384 e. The number of carbonyl (C=O) groups excluding carboxylic acids is 2. The van der Waals surface area contributed by atoms with E-state index in [4.69, 9.17) is 10.5 Å². The van der Waals surface area contributed by atoms with Gasteiger partial charge in [-0.2, -0.15) is 0 Å². The van der Waals surface area contributed by atoms with Crippen LogP contribution in [0.15, 0.2) is 18.2 Å². The van der Waals surface area contributed by atoms with Crippen LogP contribution < -0.4 is 11.1 Å². The van der Waals surface area contributed by atoms with Crippen LogP contribution in [0.5, 0.6) is 0 Å². The van der Waals surface area contributed by atoms with Crippen LogP contribution in [0.4, 0.5) is 0 Å². The summed E-state index contributed by atoms with van der Waals surface area (Å²) in [4.78, 5) is 23.5. The van der Waals surface area contributed by atoms with Gasteiger partial charge < -0.3 is 15.8 Å². The van der Waals surface area contributed by atoms with Crippen LogP contribution in [0, 0.1) is 0 Å². The molecule has 19 heavy (non-hydrogen) atoms. The highest BCUT2D eigenvalue weighted by Gasteiger charge is 2.16. The topological polar surface area (TPSA) is 81.4 Å². The van der Waals surface area contributed by atoms with E-state index in [1.807, 2.05) is 6.92 Å². The zero-order valence-corrected chi connectivity index (χ0v) is 11.4. The molecule has 0 aliphatic carbocycles. The molecular weight excluding hydrogens is 244 g/mol. The molecule has 0 radical (unpaired) electrons. The summed E-state index contributed by atoms with van der Waals surface area (Å²) in [7, 11) is 1.57. The quantitative estimate of drug-likeness (QED) is 0.774. The first kappa shape index (κ1) is 15.2. The molecule has 104 valence electrons. The van der Waals surface area contributed by atoms with Gasteiger partial charge in [-0.3, -0.25) is 9.59 Å². The van der Waals surface area contributed by atoms with Crippen molar-refractivity contribution in [3.8, 4) is 0 Å². The molecule has 0 spiro atoms. The van der Waals surface area contributed by atoms with Gasteiger partial charge in [0.25, 0.3) is 5.91 Å². The Hall–Kier alpha value is -1.88. The third kappa shape index (κ3) is 4.06. The average molecular weight is 264 g/mol. The van der Waals surface area contributed by atoms with E-state index < -0.39 is 5.91 Å². The molecule has 3 N–H and O–H groups in total. The van der Waals surface area contributed by atoms with Crippen molar-refractivity contribution in [2.75, 3.05) is 20.3 Å². The number of hydrogen-bond acceptors (Lipinski definition) is 3. The summed E-state index contributed by atoms with van der Waals surface area (Å²) in [5.41, 5.74) is 6.85. The van der Waals surface area contributed by atoms with E-state index >= 15 is 0 Å². The summed E-state index contributed by atoms with van der Waals surface area (Å²) in [5.74, 6) is -0.715. The number of carbonyl (C=O) groups is 2. The highest BCUT2D eigenvalue weighted by atomic mass is 16.5. The number of hydrogen-bond donors (Lipinski definition) is 2. The van der Waals surface area contributed by atoms with Gasteiger partial charge in [0.15, 0.2) is 0 Å². The lowest BCUT2D eigenvalue weighted by Crippen LogP contribution is -2.27. The van der Waals surface area contributed by atoms with Gasteiger partial charge in [-0.1, -0.05) is 13.0 Å². The molecule has 0 aliphatic rings. The summed E-state index contributed by atoms with van der Waals surface area (Å²) in [6.45, 7) is 3.01. The monoisotopic (exact) mass is 264 g/mol. The fourth-order valence-corrected chi connectivity index (χ4v) is 1.84. The Morgan fingerprint density at radius 3 is 2.58 bits per heavy atom. The highest BCUT2D eigenvalue weighted by Crippen LogP contribution is 2.16. The second-order valence-corrected chi connectivity index (χ2v) is 4.19. The first-order valence-electron chi connectivity index (χ1n) is 6.30. The van der Waals surface area contributed by atoms with Crippen LogP contribution in [-0.2, 0) is 11.2 Å². The minimum absolute atomic E-state index is 0.184. The molecule has 0 saturated heterocycles. The zero-order valence-electron chi connectivity index (χ0n) is 11.4. The number of nitrogens with two attached hydrogens (primary N) is 1. The number of amides is 2. The molecule has 0 aliphatic heterocycles. The summed E-state index contributed by atoms with van der Waals surface area (Å²) in [6.07, 6.45) is 1.33. The molecular formula is C14H20N2O3. The van der Waals surface area contributed by atoms with Crippen molar-refractivity contribution in [1.82, 2.24) is 5.32 Å². The van der Waals surface area contributed by atoms with Gasteiger partial charge in [0, 0.05) is 24.8 Å². The van der Waals surface area contributed by atoms with E-state index in [1.165, 1.54) is 0 Å². The Morgan fingerprint density at radius 2 is 2.00 bits per heavy atom. The SMILES string of the molecule is CCCNC(=O)c1cccc(C(N)=O)c1CCOC. The molecule has 1 aromatic carbocycles. The lowest BCUT2D eigenvalue weighted by atomic mass is 9.97. The second-order valence-electron chi connectivity index (χ2n) is 4.19. The van der Waals surface area contributed by atoms with Gasteiger partial charge in [-0.05, 0) is 30.5 Å². The number of ether oxygens (including phenoxy) is 1. The maximum atomic E-state index is 12.1. The van der Waals surface area contributed by atoms with Crippen molar-refractivity contribution >= 4 is 11.8 Å². The van der Waals surface area contributed by atoms with E-state index in [9.17, 15) is 9.59 Å². The molecule has 5 nitrogen and oxygen atoms in total. The molecule has 5 heteroatoms. The number of methoxy groups -OCH3 is 1. The van der Waals surface area contributed by atoms with Crippen molar-refractivity contribution in [2.24, 2.45) is 5.73 Å². The van der Waals surface area contributed by atoms with Gasteiger partial charge in [0.2, 0.25) is 5.91 Å². The number of primary amides is 1. The van der Waals surface area contributed by atoms with Gasteiger partial charge in [0.05, 0.1) is 6.61 Å². The van der Waals surface area contributed by atoms with Crippen molar-refractivity contribution in [3.05, 3.63) is 34.9 Å². The van der Waals surface area contributed by atoms with Crippen LogP contribution in [0.3, 0.4) is 0 Å². The van der Waals surface area contributed by atoms with Crippen molar-refractivity contribution < 1.29 is 14.3 Å². The van der Waals surface area contributed by atoms with Crippen LogP contribution in [0.2, 0.25) is 0 Å². The van der Waals surface area contributed by atoms with Crippen LogP contribution in [-0.4, -0.2) is 32.1 Å². The van der Waals surface area contributed by atoms with E-state index in [1.54, 1.807) is 25.3 Å². The summed E-state index contributed by atoms with van der Waals surface area (Å²) >= 11 is 0. The van der Waals surface area contributed by atoms with Crippen molar-refractivity contribution in [2.45, 2.75) is 19.8 Å².